The Morgan fingerprint density at radius 2 is 1.48 bits per heavy atom. The molecule has 0 amide bonds. The van der Waals surface area contributed by atoms with Crippen LogP contribution in [0.25, 0.3) is 73.1 Å². The summed E-state index contributed by atoms with van der Waals surface area (Å²) in [6.07, 6.45) is 6.67. The fraction of sp³-hybridized carbons (Fsp3) is 0.0556. The molecule has 4 heteroatoms. The van der Waals surface area contributed by atoms with Crippen LogP contribution in [-0.2, 0) is 0 Å². The van der Waals surface area contributed by atoms with Crippen molar-refractivity contribution in [2.45, 2.75) is 12.8 Å². The predicted molar refractivity (Wildman–Crippen MR) is 162 cm³/mol. The number of ether oxygens (including phenoxy) is 1. The minimum Gasteiger partial charge on any atom is -0.456 e. The average molecular weight is 514 g/mol. The van der Waals surface area contributed by atoms with Gasteiger partial charge in [-0.2, -0.15) is 0 Å². The molecule has 4 nitrogen and oxygen atoms in total. The molecule has 40 heavy (non-hydrogen) atoms. The summed E-state index contributed by atoms with van der Waals surface area (Å²) < 4.78 is 8.78. The van der Waals surface area contributed by atoms with Gasteiger partial charge in [0.2, 0.25) is 5.95 Å². The van der Waals surface area contributed by atoms with E-state index in [0.29, 0.717) is 5.95 Å². The number of rotatable bonds is 2. The summed E-state index contributed by atoms with van der Waals surface area (Å²) >= 11 is 0. The highest BCUT2D eigenvalue weighted by Crippen LogP contribution is 2.47. The summed E-state index contributed by atoms with van der Waals surface area (Å²) in [4.78, 5) is 10.4. The topological polar surface area (TPSA) is 39.9 Å². The van der Waals surface area contributed by atoms with Gasteiger partial charge in [-0.05, 0) is 48.1 Å². The first kappa shape index (κ1) is 21.7. The van der Waals surface area contributed by atoms with Gasteiger partial charge < -0.3 is 4.74 Å². The molecule has 0 saturated carbocycles. The molecule has 0 N–H and O–H groups in total. The molecule has 0 spiro atoms. The lowest BCUT2D eigenvalue weighted by molar-refractivity contribution is 0.488. The Balaban J connectivity index is 1.40. The van der Waals surface area contributed by atoms with Crippen LogP contribution in [0.1, 0.15) is 12.8 Å². The Morgan fingerprint density at radius 1 is 0.650 bits per heavy atom. The summed E-state index contributed by atoms with van der Waals surface area (Å²) in [6, 6.07) is 35.9. The van der Waals surface area contributed by atoms with Crippen LogP contribution in [-0.4, -0.2) is 14.5 Å². The average Bonchev–Trinajstić information content (AvgIpc) is 3.33. The van der Waals surface area contributed by atoms with Crippen molar-refractivity contribution < 1.29 is 4.74 Å². The monoisotopic (exact) mass is 513 g/mol. The Labute approximate surface area is 230 Å². The second-order valence-corrected chi connectivity index (χ2v) is 10.5. The number of hydrogen-bond acceptors (Lipinski definition) is 3. The van der Waals surface area contributed by atoms with Crippen LogP contribution >= 0.6 is 0 Å². The second-order valence-electron chi connectivity index (χ2n) is 10.5. The third-order valence-electron chi connectivity index (χ3n) is 8.21. The zero-order chi connectivity index (χ0) is 26.2. The van der Waals surface area contributed by atoms with Crippen LogP contribution < -0.4 is 15.3 Å². The van der Waals surface area contributed by atoms with Crippen molar-refractivity contribution in [2.24, 2.45) is 0 Å². The van der Waals surface area contributed by atoms with Gasteiger partial charge >= 0.3 is 0 Å². The molecule has 0 saturated heterocycles. The van der Waals surface area contributed by atoms with Crippen LogP contribution in [0.3, 0.4) is 0 Å². The van der Waals surface area contributed by atoms with Crippen molar-refractivity contribution in [2.75, 3.05) is 0 Å². The minimum atomic E-state index is 0.686. The van der Waals surface area contributed by atoms with Gasteiger partial charge in [-0.1, -0.05) is 91.0 Å². The summed E-state index contributed by atoms with van der Waals surface area (Å²) in [7, 11) is 0. The Morgan fingerprint density at radius 3 is 2.40 bits per heavy atom. The lowest BCUT2D eigenvalue weighted by atomic mass is 9.94. The molecule has 188 valence electrons. The van der Waals surface area contributed by atoms with E-state index in [4.69, 9.17) is 14.7 Å². The van der Waals surface area contributed by atoms with E-state index in [9.17, 15) is 0 Å². The molecule has 0 bridgehead atoms. The predicted octanol–water partition coefficient (Wildman–Crippen LogP) is 7.52. The van der Waals surface area contributed by atoms with Crippen molar-refractivity contribution in [1.82, 2.24) is 14.5 Å². The number of fused-ring (bicyclic) bond motifs is 6. The van der Waals surface area contributed by atoms with Crippen LogP contribution in [0.15, 0.2) is 103 Å². The molecule has 0 fully saturated rings. The summed E-state index contributed by atoms with van der Waals surface area (Å²) in [5.41, 5.74) is 6.33. The first-order chi connectivity index (χ1) is 19.8. The van der Waals surface area contributed by atoms with E-state index in [2.05, 4.69) is 108 Å². The maximum atomic E-state index is 6.53. The first-order valence-electron chi connectivity index (χ1n) is 13.7. The molecular weight excluding hydrogens is 490 g/mol. The minimum absolute atomic E-state index is 0.686. The van der Waals surface area contributed by atoms with E-state index >= 15 is 0 Å². The zero-order valence-electron chi connectivity index (χ0n) is 21.6. The number of benzene rings is 5. The fourth-order valence-electron chi connectivity index (χ4n) is 6.45. The molecule has 2 aromatic heterocycles. The smallest absolute Gasteiger partial charge is 0.235 e. The highest BCUT2D eigenvalue weighted by atomic mass is 16.5. The summed E-state index contributed by atoms with van der Waals surface area (Å²) in [5.74, 6) is 2.49. The SMILES string of the molecule is C1=c2c(n(-c3nc(-c4ccccc4)c4ccccc4n3)c3cc4c(cc23)Oc2cccc3cccc-4c23)=CCC1. The summed E-state index contributed by atoms with van der Waals surface area (Å²) in [6.45, 7) is 0. The van der Waals surface area contributed by atoms with Gasteiger partial charge in [-0.25, -0.2) is 9.97 Å². The Bertz CT molecular complexity index is 2290. The van der Waals surface area contributed by atoms with Gasteiger partial charge in [0.15, 0.2) is 0 Å². The van der Waals surface area contributed by atoms with Gasteiger partial charge in [-0.15, -0.1) is 0 Å². The molecule has 5 aromatic carbocycles. The number of nitrogens with zero attached hydrogens (tertiary/aromatic N) is 3. The van der Waals surface area contributed by atoms with E-state index in [0.717, 1.165) is 73.7 Å². The van der Waals surface area contributed by atoms with Crippen LogP contribution in [0, 0.1) is 0 Å². The van der Waals surface area contributed by atoms with Gasteiger partial charge in [0.1, 0.15) is 11.5 Å². The molecule has 1 aliphatic carbocycles. The molecule has 7 aromatic rings. The van der Waals surface area contributed by atoms with Crippen LogP contribution in [0.2, 0.25) is 0 Å². The van der Waals surface area contributed by atoms with Gasteiger partial charge in [0.25, 0.3) is 0 Å². The number of hydrogen-bond donors (Lipinski definition) is 0. The van der Waals surface area contributed by atoms with E-state index in [1.165, 1.54) is 16.2 Å². The third kappa shape index (κ3) is 3.02. The van der Waals surface area contributed by atoms with E-state index < -0.39 is 0 Å². The van der Waals surface area contributed by atoms with E-state index in [1.54, 1.807) is 0 Å². The van der Waals surface area contributed by atoms with Crippen molar-refractivity contribution >= 4 is 44.7 Å². The number of para-hydroxylation sites is 1. The normalized spacial score (nSPS) is 13.4. The maximum Gasteiger partial charge on any atom is 0.235 e. The summed E-state index contributed by atoms with van der Waals surface area (Å²) in [5, 5.41) is 6.92. The number of aromatic nitrogens is 3. The second kappa shape index (κ2) is 8.14. The molecule has 2 aliphatic rings. The van der Waals surface area contributed by atoms with Crippen molar-refractivity contribution in [3.05, 3.63) is 114 Å². The zero-order valence-corrected chi connectivity index (χ0v) is 21.6. The van der Waals surface area contributed by atoms with Crippen molar-refractivity contribution in [3.8, 4) is 39.8 Å². The molecule has 1 aliphatic heterocycles. The molecule has 0 unspecified atom stereocenters. The van der Waals surface area contributed by atoms with Crippen molar-refractivity contribution in [1.29, 1.82) is 0 Å². The van der Waals surface area contributed by atoms with Crippen LogP contribution in [0.5, 0.6) is 11.5 Å². The molecule has 0 radical (unpaired) electrons. The fourth-order valence-corrected chi connectivity index (χ4v) is 6.45. The van der Waals surface area contributed by atoms with Crippen molar-refractivity contribution in [3.63, 3.8) is 0 Å². The maximum absolute atomic E-state index is 6.53. The molecule has 0 atom stereocenters. The first-order valence-corrected chi connectivity index (χ1v) is 13.7. The largest absolute Gasteiger partial charge is 0.456 e. The Kier molecular flexibility index (Phi) is 4.41. The van der Waals surface area contributed by atoms with E-state index in [1.807, 2.05) is 12.1 Å². The molecule has 9 rings (SSSR count). The standard InChI is InChI=1S/C36H23N3O/c1-2-10-23(11-3-1)35-26-15-4-6-17-29(26)37-36(38-35)39-30-18-7-5-14-24(30)27-21-33-28(20-31(27)39)25-16-8-12-22-13-9-19-32(40-33)34(22)25/h1-4,6,8-21H,5,7H2. The third-order valence-corrected chi connectivity index (χ3v) is 8.21. The molecule has 3 heterocycles. The quantitative estimate of drug-likeness (QED) is 0.240. The van der Waals surface area contributed by atoms with E-state index in [-0.39, 0.29) is 0 Å². The highest BCUT2D eigenvalue weighted by molar-refractivity contribution is 6.06. The Hall–Kier alpha value is -5.22. The highest BCUT2D eigenvalue weighted by Gasteiger charge is 2.24. The lowest BCUT2D eigenvalue weighted by Crippen LogP contribution is -2.31. The molecular formula is C36H23N3O. The van der Waals surface area contributed by atoms with Gasteiger partial charge in [0.05, 0.1) is 22.1 Å². The van der Waals surface area contributed by atoms with Gasteiger partial charge in [0, 0.05) is 32.5 Å². The van der Waals surface area contributed by atoms with Gasteiger partial charge in [-0.3, -0.25) is 4.57 Å². The lowest BCUT2D eigenvalue weighted by Gasteiger charge is -2.21. The van der Waals surface area contributed by atoms with Crippen LogP contribution in [0.4, 0.5) is 0 Å².